The van der Waals surface area contributed by atoms with E-state index in [1.165, 1.54) is 36.2 Å². The molecule has 0 spiro atoms. The Kier molecular flexibility index (Phi) is 6.32. The number of hydrogen-bond acceptors (Lipinski definition) is 6. The van der Waals surface area contributed by atoms with Gasteiger partial charge in [0, 0.05) is 17.9 Å². The van der Waals surface area contributed by atoms with Crippen LogP contribution in [-0.2, 0) is 10.5 Å². The second kappa shape index (κ2) is 8.68. The summed E-state index contributed by atoms with van der Waals surface area (Å²) in [5.41, 5.74) is 4.02. The first kappa shape index (κ1) is 17.5. The minimum atomic E-state index is -0.450. The third kappa shape index (κ3) is 5.73. The number of rotatable bonds is 7. The minimum Gasteiger partial charge on any atom is -0.508 e. The summed E-state index contributed by atoms with van der Waals surface area (Å²) >= 11 is 1.38. The number of nitro groups is 1. The van der Waals surface area contributed by atoms with Crippen molar-refractivity contribution in [2.24, 2.45) is 5.10 Å². The number of thioether (sulfide) groups is 1. The Balaban J connectivity index is 1.72. The van der Waals surface area contributed by atoms with Crippen molar-refractivity contribution < 1.29 is 14.8 Å². The Bertz CT molecular complexity index is 747. The van der Waals surface area contributed by atoms with Gasteiger partial charge >= 0.3 is 0 Å². The van der Waals surface area contributed by atoms with E-state index in [-0.39, 0.29) is 23.1 Å². The van der Waals surface area contributed by atoms with Gasteiger partial charge in [-0.15, -0.1) is 11.8 Å². The first-order valence-corrected chi connectivity index (χ1v) is 8.12. The number of hydrogen-bond donors (Lipinski definition) is 2. The number of non-ortho nitro benzene ring substituents is 1. The third-order valence-corrected chi connectivity index (χ3v) is 3.93. The third-order valence-electron chi connectivity index (χ3n) is 2.92. The van der Waals surface area contributed by atoms with Gasteiger partial charge in [0.1, 0.15) is 5.75 Å². The van der Waals surface area contributed by atoms with Crippen molar-refractivity contribution in [3.63, 3.8) is 0 Å². The average Bonchev–Trinajstić information content (AvgIpc) is 2.55. The molecule has 0 atom stereocenters. The van der Waals surface area contributed by atoms with E-state index in [4.69, 9.17) is 0 Å². The maximum Gasteiger partial charge on any atom is 0.269 e. The van der Waals surface area contributed by atoms with Crippen LogP contribution in [0.3, 0.4) is 0 Å². The Morgan fingerprint density at radius 2 is 2.04 bits per heavy atom. The largest absolute Gasteiger partial charge is 0.508 e. The van der Waals surface area contributed by atoms with Crippen LogP contribution < -0.4 is 5.43 Å². The Labute approximate surface area is 142 Å². The van der Waals surface area contributed by atoms with E-state index in [2.05, 4.69) is 10.5 Å². The lowest BCUT2D eigenvalue weighted by molar-refractivity contribution is -0.384. The number of aromatic hydroxyl groups is 1. The fourth-order valence-corrected chi connectivity index (χ4v) is 2.57. The summed E-state index contributed by atoms with van der Waals surface area (Å²) in [4.78, 5) is 21.8. The van der Waals surface area contributed by atoms with Crippen LogP contribution in [0.15, 0.2) is 53.6 Å². The molecule has 8 heteroatoms. The molecule has 2 rings (SSSR count). The van der Waals surface area contributed by atoms with Crippen molar-refractivity contribution in [1.29, 1.82) is 0 Å². The number of amides is 1. The van der Waals surface area contributed by atoms with Gasteiger partial charge in [-0.2, -0.15) is 5.10 Å². The number of nitrogens with zero attached hydrogens (tertiary/aromatic N) is 2. The van der Waals surface area contributed by atoms with Crippen LogP contribution in [0.5, 0.6) is 5.75 Å². The fraction of sp³-hybridized carbons (Fsp3) is 0.125. The molecule has 0 unspecified atom stereocenters. The summed E-state index contributed by atoms with van der Waals surface area (Å²) < 4.78 is 0. The summed E-state index contributed by atoms with van der Waals surface area (Å²) in [6.45, 7) is 0. The van der Waals surface area contributed by atoms with E-state index in [1.807, 2.05) is 0 Å². The number of phenols is 1. The molecular weight excluding hydrogens is 330 g/mol. The maximum atomic E-state index is 11.6. The van der Waals surface area contributed by atoms with Crippen LogP contribution in [0.1, 0.15) is 11.1 Å². The number of carbonyl (C=O) groups excluding carboxylic acids is 1. The quantitative estimate of drug-likeness (QED) is 0.456. The summed E-state index contributed by atoms with van der Waals surface area (Å²) in [7, 11) is 0. The molecule has 0 radical (unpaired) electrons. The fourth-order valence-electron chi connectivity index (χ4n) is 1.79. The molecule has 0 aliphatic carbocycles. The predicted molar refractivity (Wildman–Crippen MR) is 93.1 cm³/mol. The smallest absolute Gasteiger partial charge is 0.269 e. The number of carbonyl (C=O) groups is 1. The monoisotopic (exact) mass is 345 g/mol. The van der Waals surface area contributed by atoms with E-state index < -0.39 is 4.92 Å². The second-order valence-electron chi connectivity index (χ2n) is 4.80. The van der Waals surface area contributed by atoms with Gasteiger partial charge in [-0.1, -0.05) is 24.3 Å². The highest BCUT2D eigenvalue weighted by atomic mass is 32.2. The zero-order valence-electron chi connectivity index (χ0n) is 12.6. The zero-order valence-corrected chi connectivity index (χ0v) is 13.4. The van der Waals surface area contributed by atoms with Gasteiger partial charge < -0.3 is 5.11 Å². The van der Waals surface area contributed by atoms with Crippen molar-refractivity contribution in [3.8, 4) is 5.75 Å². The van der Waals surface area contributed by atoms with E-state index in [9.17, 15) is 20.0 Å². The number of nitrogens with one attached hydrogen (secondary N) is 1. The summed E-state index contributed by atoms with van der Waals surface area (Å²) in [6, 6.07) is 12.7. The number of phenolic OH excluding ortho intramolecular Hbond substituents is 1. The predicted octanol–water partition coefficient (Wildman–Crippen LogP) is 2.68. The van der Waals surface area contributed by atoms with E-state index >= 15 is 0 Å². The van der Waals surface area contributed by atoms with E-state index in [0.29, 0.717) is 11.3 Å². The number of benzene rings is 2. The van der Waals surface area contributed by atoms with Gasteiger partial charge in [-0.05, 0) is 23.3 Å². The maximum absolute atomic E-state index is 11.6. The highest BCUT2D eigenvalue weighted by Crippen LogP contribution is 2.16. The van der Waals surface area contributed by atoms with Crippen LogP contribution in [0.4, 0.5) is 5.69 Å². The molecule has 0 saturated carbocycles. The first-order chi connectivity index (χ1) is 11.5. The van der Waals surface area contributed by atoms with Crippen molar-refractivity contribution >= 4 is 29.6 Å². The minimum absolute atomic E-state index is 0.0442. The lowest BCUT2D eigenvalue weighted by atomic mass is 10.2. The standard InChI is InChI=1S/C16H15N3O4S/c20-15-3-1-2-13(8-15)9-17-18-16(21)11-24-10-12-4-6-14(7-5-12)19(22)23/h1-9,20H,10-11H2,(H,18,21)/b17-9-. The van der Waals surface area contributed by atoms with Crippen molar-refractivity contribution in [2.75, 3.05) is 5.75 Å². The van der Waals surface area contributed by atoms with Crippen molar-refractivity contribution in [1.82, 2.24) is 5.43 Å². The van der Waals surface area contributed by atoms with Crippen LogP contribution in [0.25, 0.3) is 0 Å². The van der Waals surface area contributed by atoms with E-state index in [0.717, 1.165) is 5.56 Å². The Morgan fingerprint density at radius 3 is 2.71 bits per heavy atom. The number of hydrazone groups is 1. The van der Waals surface area contributed by atoms with Gasteiger partial charge in [0.2, 0.25) is 5.91 Å². The normalized spacial score (nSPS) is 10.7. The summed E-state index contributed by atoms with van der Waals surface area (Å²) in [6.07, 6.45) is 1.44. The van der Waals surface area contributed by atoms with Crippen LogP contribution in [0.2, 0.25) is 0 Å². The average molecular weight is 345 g/mol. The molecule has 0 heterocycles. The van der Waals surface area contributed by atoms with Crippen LogP contribution >= 0.6 is 11.8 Å². The molecule has 0 saturated heterocycles. The van der Waals surface area contributed by atoms with Crippen molar-refractivity contribution in [3.05, 3.63) is 69.8 Å². The topological polar surface area (TPSA) is 105 Å². The molecule has 2 aromatic carbocycles. The van der Waals surface area contributed by atoms with Gasteiger partial charge in [-0.25, -0.2) is 5.43 Å². The molecule has 0 aromatic heterocycles. The second-order valence-corrected chi connectivity index (χ2v) is 5.79. The Hall–Kier alpha value is -2.87. The molecule has 1 amide bonds. The Morgan fingerprint density at radius 1 is 1.29 bits per heavy atom. The first-order valence-electron chi connectivity index (χ1n) is 6.96. The molecule has 7 nitrogen and oxygen atoms in total. The lowest BCUT2D eigenvalue weighted by Crippen LogP contribution is -2.19. The SMILES string of the molecule is O=C(CSCc1ccc([N+](=O)[O-])cc1)N/N=C\c1cccc(O)c1. The molecular formula is C16H15N3O4S. The highest BCUT2D eigenvalue weighted by Gasteiger charge is 2.05. The highest BCUT2D eigenvalue weighted by molar-refractivity contribution is 7.99. The molecule has 0 bridgehead atoms. The molecule has 124 valence electrons. The summed E-state index contributed by atoms with van der Waals surface area (Å²) in [5.74, 6) is 0.665. The lowest BCUT2D eigenvalue weighted by Gasteiger charge is -2.01. The number of nitro benzene ring substituents is 1. The van der Waals surface area contributed by atoms with Gasteiger partial charge in [0.25, 0.3) is 5.69 Å². The van der Waals surface area contributed by atoms with Crippen molar-refractivity contribution in [2.45, 2.75) is 5.75 Å². The van der Waals surface area contributed by atoms with Crippen LogP contribution in [-0.4, -0.2) is 27.9 Å². The van der Waals surface area contributed by atoms with Crippen LogP contribution in [0, 0.1) is 10.1 Å². The molecule has 0 aliphatic rings. The molecule has 24 heavy (non-hydrogen) atoms. The molecule has 0 aliphatic heterocycles. The van der Waals surface area contributed by atoms with E-state index in [1.54, 1.807) is 30.3 Å². The van der Waals surface area contributed by atoms with Gasteiger partial charge in [0.05, 0.1) is 16.9 Å². The molecule has 2 N–H and O–H groups in total. The van der Waals surface area contributed by atoms with Gasteiger partial charge in [0.15, 0.2) is 0 Å². The summed E-state index contributed by atoms with van der Waals surface area (Å²) in [5, 5.41) is 23.7. The zero-order chi connectivity index (χ0) is 17.4. The molecule has 2 aromatic rings. The molecule has 0 fully saturated rings. The van der Waals surface area contributed by atoms with Gasteiger partial charge in [-0.3, -0.25) is 14.9 Å².